The third kappa shape index (κ3) is 1.99. The van der Waals surface area contributed by atoms with Crippen molar-refractivity contribution in [1.82, 2.24) is 0 Å². The molecule has 1 heteroatoms. The fraction of sp³-hybridized carbons (Fsp3) is 0.839. The first kappa shape index (κ1) is 19.3. The number of alkyl halides is 1. The summed E-state index contributed by atoms with van der Waals surface area (Å²) in [4.78, 5) is 0. The fourth-order valence-electron chi connectivity index (χ4n) is 12.4. The number of halogens is 1. The largest absolute Gasteiger partial charge is 0.123 e. The molecule has 9 aliphatic rings. The Kier molecular flexibility index (Phi) is 3.66. The van der Waals surface area contributed by atoms with E-state index in [4.69, 9.17) is 0 Å². The van der Waals surface area contributed by atoms with Gasteiger partial charge in [-0.25, -0.2) is 0 Å². The Morgan fingerprint density at radius 1 is 0.844 bits per heavy atom. The molecule has 0 N–H and O–H groups in total. The Labute approximate surface area is 205 Å². The molecule has 0 aromatic rings. The maximum absolute atomic E-state index is 2.89. The van der Waals surface area contributed by atoms with Crippen molar-refractivity contribution in [2.24, 2.45) is 51.8 Å². The van der Waals surface area contributed by atoms with Gasteiger partial charge in [0.25, 0.3) is 0 Å². The minimum absolute atomic E-state index is 0.259. The van der Waals surface area contributed by atoms with Crippen LogP contribution in [0.1, 0.15) is 103 Å². The lowest BCUT2D eigenvalue weighted by molar-refractivity contribution is 0.105. The molecule has 0 nitrogen and oxygen atoms in total. The molecule has 172 valence electrons. The van der Waals surface area contributed by atoms with E-state index in [1.54, 1.807) is 77.0 Å². The van der Waals surface area contributed by atoms with Crippen LogP contribution in [0.2, 0.25) is 0 Å². The molecule has 0 spiro atoms. The normalized spacial score (nSPS) is 58.7. The van der Waals surface area contributed by atoms with E-state index in [9.17, 15) is 0 Å². The quantitative estimate of drug-likeness (QED) is 0.214. The van der Waals surface area contributed by atoms with Gasteiger partial charge in [0.15, 0.2) is 0 Å². The first-order valence-electron chi connectivity index (χ1n) is 14.6. The molecule has 0 saturated heterocycles. The Morgan fingerprint density at radius 3 is 2.56 bits per heavy atom. The standard InChI is InChI=1S/C31H41I/c1-18-10-14-32-28-22-5-2-7-24(22)30-12-4-13-31(30,17-30)29-11-3-6-21(25(29)16-29)26-19-8-9-20(19)27(26)23(28)15-18/h14,18,21-25,28H,2-13,15-17H2,1H3. The lowest BCUT2D eigenvalue weighted by Gasteiger charge is -2.49. The van der Waals surface area contributed by atoms with E-state index in [0.29, 0.717) is 0 Å². The SMILES string of the molecule is CC1CC=IC2C(C1)C1=C(C3=C1CC3)C1CCCC3(CC13)C13CCCC1(C3)C1CCCC21. The summed E-state index contributed by atoms with van der Waals surface area (Å²) in [5.74, 6) is 6.27. The molecule has 32 heavy (non-hydrogen) atoms. The molecule has 1 heterocycles. The first-order valence-corrected chi connectivity index (χ1v) is 17.1. The van der Waals surface area contributed by atoms with Gasteiger partial charge in [-0.05, 0) is 151 Å². The van der Waals surface area contributed by atoms with Crippen LogP contribution in [-0.2, 0) is 0 Å². The Morgan fingerprint density at radius 2 is 1.69 bits per heavy atom. The first-order chi connectivity index (χ1) is 15.7. The van der Waals surface area contributed by atoms with Crippen LogP contribution in [0.15, 0.2) is 22.3 Å². The summed E-state index contributed by atoms with van der Waals surface area (Å²) in [7, 11) is 0. The number of allylic oxidation sites excluding steroid dienone is 4. The van der Waals surface area contributed by atoms with Gasteiger partial charge in [0.05, 0.1) is 0 Å². The van der Waals surface area contributed by atoms with Gasteiger partial charge in [-0.2, -0.15) is 0 Å². The second kappa shape index (κ2) is 6.07. The highest BCUT2D eigenvalue weighted by Crippen LogP contribution is 2.93. The van der Waals surface area contributed by atoms with Gasteiger partial charge < -0.3 is 0 Å². The molecule has 0 aromatic heterocycles. The van der Waals surface area contributed by atoms with Gasteiger partial charge in [-0.1, -0.05) is 30.2 Å². The van der Waals surface area contributed by atoms with E-state index in [2.05, 4.69) is 22.1 Å². The van der Waals surface area contributed by atoms with Crippen molar-refractivity contribution < 1.29 is 0 Å². The van der Waals surface area contributed by atoms with E-state index in [1.807, 2.05) is 11.1 Å². The maximum Gasteiger partial charge on any atom is 0.0159 e. The third-order valence-corrected chi connectivity index (χ3v) is 17.1. The van der Waals surface area contributed by atoms with Crippen LogP contribution in [0.25, 0.3) is 0 Å². The highest BCUT2D eigenvalue weighted by atomic mass is 127. The maximum atomic E-state index is 2.89. The van der Waals surface area contributed by atoms with Gasteiger partial charge in [0, 0.05) is 3.92 Å². The van der Waals surface area contributed by atoms with Crippen molar-refractivity contribution in [3.8, 4) is 0 Å². The lowest BCUT2D eigenvalue weighted by atomic mass is 9.57. The number of fused-ring (bicyclic) bond motifs is 7. The van der Waals surface area contributed by atoms with Crippen LogP contribution >= 0.6 is 20.7 Å². The van der Waals surface area contributed by atoms with Crippen LogP contribution < -0.4 is 0 Å². The summed E-state index contributed by atoms with van der Waals surface area (Å²) in [6.45, 7) is 2.60. The van der Waals surface area contributed by atoms with Crippen molar-refractivity contribution in [3.05, 3.63) is 22.3 Å². The van der Waals surface area contributed by atoms with E-state index in [0.717, 1.165) is 55.7 Å². The zero-order chi connectivity index (χ0) is 20.9. The lowest BCUT2D eigenvalue weighted by Crippen LogP contribution is -2.38. The monoisotopic (exact) mass is 540 g/mol. The number of hydrogen-bond donors (Lipinski definition) is 0. The predicted octanol–water partition coefficient (Wildman–Crippen LogP) is 8.37. The van der Waals surface area contributed by atoms with Gasteiger partial charge in [0.1, 0.15) is 0 Å². The van der Waals surface area contributed by atoms with Gasteiger partial charge in [0.2, 0.25) is 0 Å². The molecule has 0 amide bonds. The van der Waals surface area contributed by atoms with Crippen molar-refractivity contribution in [1.29, 1.82) is 0 Å². The van der Waals surface area contributed by atoms with E-state index < -0.39 is 0 Å². The molecular weight excluding hydrogens is 499 g/mol. The van der Waals surface area contributed by atoms with Crippen molar-refractivity contribution >= 4 is 24.7 Å². The fourth-order valence-corrected chi connectivity index (χ4v) is 16.7. The minimum atomic E-state index is 0.259. The minimum Gasteiger partial charge on any atom is -0.123 e. The van der Waals surface area contributed by atoms with Crippen LogP contribution in [0.3, 0.4) is 0 Å². The van der Waals surface area contributed by atoms with Gasteiger partial charge in [-0.3, -0.25) is 0 Å². The molecule has 0 radical (unpaired) electrons. The molecule has 2 bridgehead atoms. The zero-order valence-electron chi connectivity index (χ0n) is 20.1. The summed E-state index contributed by atoms with van der Waals surface area (Å²) >= 11 is 0.259. The molecule has 5 saturated carbocycles. The van der Waals surface area contributed by atoms with Gasteiger partial charge in [-0.15, -0.1) is 20.7 Å². The van der Waals surface area contributed by atoms with Crippen molar-refractivity contribution in [2.75, 3.05) is 0 Å². The topological polar surface area (TPSA) is 0 Å². The average Bonchev–Trinajstić information content (AvgIpc) is 3.58. The van der Waals surface area contributed by atoms with Crippen molar-refractivity contribution in [3.63, 3.8) is 0 Å². The highest BCUT2D eigenvalue weighted by molar-refractivity contribution is 14.2. The third-order valence-electron chi connectivity index (χ3n) is 13.5. The molecule has 0 aromatic carbocycles. The second-order valence-corrected chi connectivity index (χ2v) is 17.2. The molecule has 9 rings (SSSR count). The Bertz CT molecular complexity index is 1010. The Hall–Kier alpha value is 0.0800. The summed E-state index contributed by atoms with van der Waals surface area (Å²) in [6.07, 6.45) is 23.7. The van der Waals surface area contributed by atoms with Crippen LogP contribution in [0, 0.1) is 51.8 Å². The van der Waals surface area contributed by atoms with Crippen molar-refractivity contribution in [2.45, 2.75) is 107 Å². The van der Waals surface area contributed by atoms with E-state index in [-0.39, 0.29) is 20.7 Å². The average molecular weight is 541 g/mol. The molecule has 10 unspecified atom stereocenters. The Balaban J connectivity index is 1.26. The molecule has 1 aliphatic heterocycles. The summed E-state index contributed by atoms with van der Waals surface area (Å²) < 4.78 is 3.99. The van der Waals surface area contributed by atoms with Crippen LogP contribution in [-0.4, -0.2) is 7.94 Å². The van der Waals surface area contributed by atoms with Crippen LogP contribution in [0.5, 0.6) is 0 Å². The summed E-state index contributed by atoms with van der Waals surface area (Å²) in [5, 5.41) is 0. The van der Waals surface area contributed by atoms with Crippen LogP contribution in [0.4, 0.5) is 0 Å². The number of hydrogen-bond acceptors (Lipinski definition) is 0. The predicted molar refractivity (Wildman–Crippen MR) is 141 cm³/mol. The molecule has 10 atom stereocenters. The highest BCUT2D eigenvalue weighted by Gasteiger charge is 2.85. The zero-order valence-corrected chi connectivity index (χ0v) is 22.3. The summed E-state index contributed by atoms with van der Waals surface area (Å²) in [6, 6.07) is 0. The molecule has 8 aliphatic carbocycles. The second-order valence-electron chi connectivity index (χ2n) is 14.1. The number of rotatable bonds is 0. The molecular formula is C31H41I. The van der Waals surface area contributed by atoms with Gasteiger partial charge >= 0.3 is 0 Å². The summed E-state index contributed by atoms with van der Waals surface area (Å²) in [5.41, 5.74) is 10.5. The molecule has 5 fully saturated rings. The van der Waals surface area contributed by atoms with E-state index in [1.165, 1.54) is 19.3 Å². The van der Waals surface area contributed by atoms with E-state index >= 15 is 0 Å². The smallest absolute Gasteiger partial charge is 0.0159 e.